The number of hydrogen-bond acceptors (Lipinski definition) is 4. The van der Waals surface area contributed by atoms with Gasteiger partial charge in [0.1, 0.15) is 11.5 Å². The Kier molecular flexibility index (Phi) is 6.91. The Morgan fingerprint density at radius 1 is 0.733 bits per heavy atom. The topological polar surface area (TPSA) is 47.6 Å². The maximum absolute atomic E-state index is 12.9. The zero-order chi connectivity index (χ0) is 21.7. The van der Waals surface area contributed by atoms with Crippen LogP contribution in [0.15, 0.2) is 66.7 Å². The fraction of sp³-hybridized carbons (Fsp3) is 0.269. The predicted octanol–water partition coefficient (Wildman–Crippen LogP) is 6.46. The van der Waals surface area contributed by atoms with Gasteiger partial charge in [-0.3, -0.25) is 4.79 Å². The van der Waals surface area contributed by atoms with Gasteiger partial charge in [0.25, 0.3) is 0 Å². The second kappa shape index (κ2) is 9.59. The summed E-state index contributed by atoms with van der Waals surface area (Å²) in [5.41, 5.74) is 2.89. The van der Waals surface area contributed by atoms with Crippen molar-refractivity contribution in [2.24, 2.45) is 0 Å². The molecule has 3 aromatic carbocycles. The molecule has 0 fully saturated rings. The lowest BCUT2D eigenvalue weighted by molar-refractivity contribution is 0.0946. The van der Waals surface area contributed by atoms with Crippen molar-refractivity contribution in [2.45, 2.75) is 46.7 Å². The van der Waals surface area contributed by atoms with Gasteiger partial charge in [-0.25, -0.2) is 0 Å². The monoisotopic (exact) mass is 403 g/mol. The number of ketones is 1. The van der Waals surface area contributed by atoms with Gasteiger partial charge in [-0.05, 0) is 63.2 Å². The van der Waals surface area contributed by atoms with Crippen LogP contribution in [0.4, 0.5) is 0 Å². The lowest BCUT2D eigenvalue weighted by atomic mass is 10.0. The number of carbonyl (C=O) groups excluding carboxylic acids is 1. The fourth-order valence-corrected chi connectivity index (χ4v) is 3.12. The smallest absolute Gasteiger partial charge is 0.179 e. The van der Waals surface area contributed by atoms with E-state index in [2.05, 4.69) is 5.32 Å². The highest BCUT2D eigenvalue weighted by Gasteiger charge is 2.19. The molecule has 0 heterocycles. The molecule has 0 aliphatic carbocycles. The van der Waals surface area contributed by atoms with E-state index >= 15 is 0 Å². The van der Waals surface area contributed by atoms with E-state index in [1.165, 1.54) is 0 Å². The molecule has 0 spiro atoms. The molecule has 30 heavy (non-hydrogen) atoms. The summed E-state index contributed by atoms with van der Waals surface area (Å²) in [5, 5.41) is 3.25. The molecule has 0 saturated heterocycles. The van der Waals surface area contributed by atoms with Gasteiger partial charge in [0, 0.05) is 11.6 Å². The number of aryl methyl sites for hydroxylation is 2. The standard InChI is InChI=1S/C26H29NO3/c1-17(2)27-20(5)26(28)21-10-15-24(29-22-11-6-18(3)7-12-22)25(16-21)30-23-13-8-19(4)9-14-23/h6-17,20,27H,1-5H3. The van der Waals surface area contributed by atoms with Gasteiger partial charge in [-0.15, -0.1) is 0 Å². The average molecular weight is 404 g/mol. The molecule has 1 N–H and O–H groups in total. The number of hydrogen-bond donors (Lipinski definition) is 1. The normalized spacial score (nSPS) is 11.9. The first-order valence-electron chi connectivity index (χ1n) is 10.2. The fourth-order valence-electron chi connectivity index (χ4n) is 3.12. The first-order valence-corrected chi connectivity index (χ1v) is 10.2. The zero-order valence-corrected chi connectivity index (χ0v) is 18.2. The highest BCUT2D eigenvalue weighted by molar-refractivity contribution is 6.00. The van der Waals surface area contributed by atoms with Gasteiger partial charge < -0.3 is 14.8 Å². The van der Waals surface area contributed by atoms with Crippen LogP contribution in [-0.2, 0) is 0 Å². The van der Waals surface area contributed by atoms with Crippen molar-refractivity contribution in [3.05, 3.63) is 83.4 Å². The highest BCUT2D eigenvalue weighted by Crippen LogP contribution is 2.36. The Balaban J connectivity index is 1.93. The van der Waals surface area contributed by atoms with Crippen LogP contribution in [0.3, 0.4) is 0 Å². The molecule has 156 valence electrons. The van der Waals surface area contributed by atoms with Gasteiger partial charge in [-0.1, -0.05) is 49.2 Å². The Bertz CT molecular complexity index is 992. The molecular formula is C26H29NO3. The minimum absolute atomic E-state index is 0.0133. The van der Waals surface area contributed by atoms with Crippen LogP contribution in [-0.4, -0.2) is 17.9 Å². The third kappa shape index (κ3) is 5.71. The molecule has 0 bridgehead atoms. The molecule has 3 aromatic rings. The zero-order valence-electron chi connectivity index (χ0n) is 18.2. The maximum Gasteiger partial charge on any atom is 0.179 e. The van der Waals surface area contributed by atoms with Crippen molar-refractivity contribution >= 4 is 5.78 Å². The van der Waals surface area contributed by atoms with E-state index in [1.54, 1.807) is 18.2 Å². The van der Waals surface area contributed by atoms with E-state index < -0.39 is 0 Å². The lowest BCUT2D eigenvalue weighted by Crippen LogP contribution is -2.38. The van der Waals surface area contributed by atoms with E-state index in [9.17, 15) is 4.79 Å². The first kappa shape index (κ1) is 21.6. The summed E-state index contributed by atoms with van der Waals surface area (Å²) in [6, 6.07) is 20.9. The summed E-state index contributed by atoms with van der Waals surface area (Å²) in [7, 11) is 0. The third-order valence-electron chi connectivity index (χ3n) is 4.70. The van der Waals surface area contributed by atoms with Crippen molar-refractivity contribution in [3.8, 4) is 23.0 Å². The summed E-state index contributed by atoms with van der Waals surface area (Å²) in [6.45, 7) is 9.97. The molecule has 4 heteroatoms. The van der Waals surface area contributed by atoms with E-state index in [0.717, 1.165) is 11.1 Å². The molecule has 0 aliphatic rings. The van der Waals surface area contributed by atoms with Crippen LogP contribution in [0.25, 0.3) is 0 Å². The molecule has 1 unspecified atom stereocenters. The van der Waals surface area contributed by atoms with E-state index in [4.69, 9.17) is 9.47 Å². The number of nitrogens with one attached hydrogen (secondary N) is 1. The molecule has 1 atom stereocenters. The number of benzene rings is 3. The molecule has 4 nitrogen and oxygen atoms in total. The number of Topliss-reactive ketones (excluding diaryl/α,β-unsaturated/α-hetero) is 1. The molecule has 0 amide bonds. The Morgan fingerprint density at radius 2 is 1.23 bits per heavy atom. The summed E-state index contributed by atoms with van der Waals surface area (Å²) in [5.74, 6) is 2.47. The number of rotatable bonds is 8. The van der Waals surface area contributed by atoms with Crippen molar-refractivity contribution in [1.82, 2.24) is 5.32 Å². The van der Waals surface area contributed by atoms with E-state index in [1.807, 2.05) is 83.1 Å². The van der Waals surface area contributed by atoms with Gasteiger partial charge >= 0.3 is 0 Å². The first-order chi connectivity index (χ1) is 14.3. The van der Waals surface area contributed by atoms with Gasteiger partial charge in [0.05, 0.1) is 6.04 Å². The number of carbonyl (C=O) groups is 1. The average Bonchev–Trinajstić information content (AvgIpc) is 2.71. The van der Waals surface area contributed by atoms with Crippen molar-refractivity contribution in [2.75, 3.05) is 0 Å². The minimum Gasteiger partial charge on any atom is -0.453 e. The van der Waals surface area contributed by atoms with Gasteiger partial charge in [-0.2, -0.15) is 0 Å². The summed E-state index contributed by atoms with van der Waals surface area (Å²) in [6.07, 6.45) is 0. The van der Waals surface area contributed by atoms with Crippen LogP contribution in [0.2, 0.25) is 0 Å². The summed E-state index contributed by atoms with van der Waals surface area (Å²) in [4.78, 5) is 12.9. The van der Waals surface area contributed by atoms with Crippen LogP contribution in [0.1, 0.15) is 42.3 Å². The van der Waals surface area contributed by atoms with Crippen LogP contribution in [0.5, 0.6) is 23.0 Å². The molecule has 0 aliphatic heterocycles. The Hall–Kier alpha value is -3.11. The van der Waals surface area contributed by atoms with Gasteiger partial charge in [0.15, 0.2) is 17.3 Å². The quantitative estimate of drug-likeness (QED) is 0.439. The molecular weight excluding hydrogens is 374 g/mol. The van der Waals surface area contributed by atoms with Crippen molar-refractivity contribution in [3.63, 3.8) is 0 Å². The van der Waals surface area contributed by atoms with Crippen molar-refractivity contribution < 1.29 is 14.3 Å². The molecule has 0 radical (unpaired) electrons. The Morgan fingerprint density at radius 3 is 1.73 bits per heavy atom. The summed E-state index contributed by atoms with van der Waals surface area (Å²) >= 11 is 0. The molecule has 0 aromatic heterocycles. The SMILES string of the molecule is Cc1ccc(Oc2ccc(C(=O)C(C)NC(C)C)cc2Oc2ccc(C)cc2)cc1. The van der Waals surface area contributed by atoms with Gasteiger partial charge in [0.2, 0.25) is 0 Å². The van der Waals surface area contributed by atoms with E-state index in [0.29, 0.717) is 28.6 Å². The lowest BCUT2D eigenvalue weighted by Gasteiger charge is -2.17. The van der Waals surface area contributed by atoms with Crippen LogP contribution >= 0.6 is 0 Å². The van der Waals surface area contributed by atoms with Crippen LogP contribution < -0.4 is 14.8 Å². The summed E-state index contributed by atoms with van der Waals surface area (Å²) < 4.78 is 12.2. The highest BCUT2D eigenvalue weighted by atomic mass is 16.5. The number of ether oxygens (including phenoxy) is 2. The minimum atomic E-state index is -0.291. The molecule has 3 rings (SSSR count). The second-order valence-corrected chi connectivity index (χ2v) is 7.90. The molecule has 0 saturated carbocycles. The second-order valence-electron chi connectivity index (χ2n) is 7.90. The largest absolute Gasteiger partial charge is 0.453 e. The Labute approximate surface area is 178 Å². The van der Waals surface area contributed by atoms with Crippen molar-refractivity contribution in [1.29, 1.82) is 0 Å². The van der Waals surface area contributed by atoms with E-state index in [-0.39, 0.29) is 17.9 Å². The maximum atomic E-state index is 12.9. The third-order valence-corrected chi connectivity index (χ3v) is 4.70. The van der Waals surface area contributed by atoms with Crippen LogP contribution in [0, 0.1) is 13.8 Å². The predicted molar refractivity (Wildman–Crippen MR) is 121 cm³/mol.